The molecule has 1 heterocycles. The maximum absolute atomic E-state index is 12.6. The van der Waals surface area contributed by atoms with E-state index in [2.05, 4.69) is 27.5 Å². The van der Waals surface area contributed by atoms with E-state index >= 15 is 0 Å². The van der Waals surface area contributed by atoms with E-state index in [1.807, 2.05) is 44.2 Å². The Morgan fingerprint density at radius 1 is 1.15 bits per heavy atom. The maximum atomic E-state index is 12.6. The molecule has 2 N–H and O–H groups in total. The van der Waals surface area contributed by atoms with Crippen molar-refractivity contribution in [3.63, 3.8) is 0 Å². The van der Waals surface area contributed by atoms with Gasteiger partial charge >= 0.3 is 0 Å². The first kappa shape index (κ1) is 19.3. The zero-order valence-corrected chi connectivity index (χ0v) is 16.6. The van der Waals surface area contributed by atoms with E-state index in [4.69, 9.17) is 0 Å². The Morgan fingerprint density at radius 3 is 2.67 bits per heavy atom. The van der Waals surface area contributed by atoms with Crippen molar-refractivity contribution < 1.29 is 4.79 Å². The molecule has 1 aliphatic carbocycles. The number of hydrogen-bond donors (Lipinski definition) is 2. The Balaban J connectivity index is 1.76. The van der Waals surface area contributed by atoms with Crippen LogP contribution in [0.2, 0.25) is 0 Å². The van der Waals surface area contributed by atoms with Gasteiger partial charge in [-0.1, -0.05) is 38.3 Å². The predicted molar refractivity (Wildman–Crippen MR) is 110 cm³/mol. The summed E-state index contributed by atoms with van der Waals surface area (Å²) in [6, 6.07) is 10.1. The first-order chi connectivity index (χ1) is 13.0. The molecular weight excluding hydrogens is 336 g/mol. The third-order valence-electron chi connectivity index (χ3n) is 5.38. The Bertz CT molecular complexity index is 781. The summed E-state index contributed by atoms with van der Waals surface area (Å²) in [4.78, 5) is 21.4. The first-order valence-corrected chi connectivity index (χ1v) is 9.98. The molecule has 1 aromatic heterocycles. The molecule has 2 aromatic rings. The van der Waals surface area contributed by atoms with E-state index < -0.39 is 0 Å². The summed E-state index contributed by atoms with van der Waals surface area (Å²) in [6.07, 6.45) is 8.75. The molecule has 0 saturated heterocycles. The van der Waals surface area contributed by atoms with Crippen LogP contribution in [0.15, 0.2) is 36.7 Å². The zero-order valence-electron chi connectivity index (χ0n) is 16.6. The number of aromatic nitrogens is 2. The first-order valence-electron chi connectivity index (χ1n) is 9.98. The minimum Gasteiger partial charge on any atom is -0.367 e. The lowest BCUT2D eigenvalue weighted by Gasteiger charge is -2.24. The standard InChI is InChI=1S/C22H30N4O/c1-4-22(2,3)26-21(27)17-10-8-9-16(13-17)19-14-20(24-15-23-19)25-18-11-6-5-7-12-18/h8-10,13-15,18H,4-7,11-12H2,1-3H3,(H,26,27)(H,23,24,25). The molecule has 0 atom stereocenters. The monoisotopic (exact) mass is 366 g/mol. The van der Waals surface area contributed by atoms with Gasteiger partial charge in [-0.2, -0.15) is 0 Å². The third kappa shape index (κ3) is 5.28. The van der Waals surface area contributed by atoms with E-state index in [1.165, 1.54) is 32.1 Å². The van der Waals surface area contributed by atoms with Crippen LogP contribution in [0.1, 0.15) is 69.7 Å². The molecular formula is C22H30N4O. The van der Waals surface area contributed by atoms with Crippen LogP contribution in [-0.4, -0.2) is 27.5 Å². The second-order valence-corrected chi connectivity index (χ2v) is 8.04. The number of anilines is 1. The van der Waals surface area contributed by atoms with Gasteiger partial charge in [-0.25, -0.2) is 9.97 Å². The molecule has 0 aliphatic heterocycles. The molecule has 144 valence electrons. The smallest absolute Gasteiger partial charge is 0.251 e. The number of benzene rings is 1. The van der Waals surface area contributed by atoms with Crippen LogP contribution in [0.3, 0.4) is 0 Å². The molecule has 0 bridgehead atoms. The van der Waals surface area contributed by atoms with Crippen LogP contribution >= 0.6 is 0 Å². The number of carbonyl (C=O) groups is 1. The minimum atomic E-state index is -0.223. The summed E-state index contributed by atoms with van der Waals surface area (Å²) < 4.78 is 0. The number of nitrogens with zero attached hydrogens (tertiary/aromatic N) is 2. The van der Waals surface area contributed by atoms with Crippen LogP contribution in [-0.2, 0) is 0 Å². The van der Waals surface area contributed by atoms with Crippen molar-refractivity contribution in [1.29, 1.82) is 0 Å². The van der Waals surface area contributed by atoms with E-state index in [1.54, 1.807) is 6.33 Å². The van der Waals surface area contributed by atoms with Gasteiger partial charge in [-0.05, 0) is 45.2 Å². The second-order valence-electron chi connectivity index (χ2n) is 8.04. The van der Waals surface area contributed by atoms with Gasteiger partial charge in [-0.3, -0.25) is 4.79 Å². The Morgan fingerprint density at radius 2 is 1.93 bits per heavy atom. The van der Waals surface area contributed by atoms with Crippen molar-refractivity contribution in [2.24, 2.45) is 0 Å². The lowest BCUT2D eigenvalue weighted by molar-refractivity contribution is 0.0911. The number of rotatable bonds is 6. The largest absolute Gasteiger partial charge is 0.367 e. The summed E-state index contributed by atoms with van der Waals surface area (Å²) in [7, 11) is 0. The molecule has 5 nitrogen and oxygen atoms in total. The summed E-state index contributed by atoms with van der Waals surface area (Å²) in [5, 5.41) is 6.62. The fourth-order valence-electron chi connectivity index (χ4n) is 3.34. The van der Waals surface area contributed by atoms with Crippen molar-refractivity contribution >= 4 is 11.7 Å². The van der Waals surface area contributed by atoms with Crippen LogP contribution in [0.25, 0.3) is 11.3 Å². The van der Waals surface area contributed by atoms with Gasteiger partial charge in [0.25, 0.3) is 5.91 Å². The van der Waals surface area contributed by atoms with Gasteiger partial charge in [0.05, 0.1) is 5.69 Å². The lowest BCUT2D eigenvalue weighted by atomic mass is 9.95. The van der Waals surface area contributed by atoms with Crippen LogP contribution in [0.5, 0.6) is 0 Å². The predicted octanol–water partition coefficient (Wildman–Crippen LogP) is 4.81. The van der Waals surface area contributed by atoms with Crippen molar-refractivity contribution in [2.75, 3.05) is 5.32 Å². The Labute approximate surface area is 162 Å². The van der Waals surface area contributed by atoms with Crippen molar-refractivity contribution in [3.05, 3.63) is 42.2 Å². The topological polar surface area (TPSA) is 66.9 Å². The van der Waals surface area contributed by atoms with Gasteiger partial charge in [-0.15, -0.1) is 0 Å². The summed E-state index contributed by atoms with van der Waals surface area (Å²) in [6.45, 7) is 6.13. The highest BCUT2D eigenvalue weighted by molar-refractivity contribution is 5.95. The molecule has 5 heteroatoms. The van der Waals surface area contributed by atoms with E-state index in [0.29, 0.717) is 11.6 Å². The van der Waals surface area contributed by atoms with Gasteiger partial charge in [0.15, 0.2) is 0 Å². The van der Waals surface area contributed by atoms with Crippen LogP contribution in [0, 0.1) is 0 Å². The minimum absolute atomic E-state index is 0.0571. The molecule has 1 amide bonds. The average Bonchev–Trinajstić information content (AvgIpc) is 2.69. The highest BCUT2D eigenvalue weighted by Crippen LogP contribution is 2.24. The molecule has 0 radical (unpaired) electrons. The number of nitrogens with one attached hydrogen (secondary N) is 2. The number of amides is 1. The molecule has 0 unspecified atom stereocenters. The van der Waals surface area contributed by atoms with Gasteiger partial charge in [0.1, 0.15) is 12.1 Å². The maximum Gasteiger partial charge on any atom is 0.251 e. The third-order valence-corrected chi connectivity index (χ3v) is 5.38. The fraction of sp³-hybridized carbons (Fsp3) is 0.500. The highest BCUT2D eigenvalue weighted by atomic mass is 16.1. The van der Waals surface area contributed by atoms with Crippen LogP contribution in [0.4, 0.5) is 5.82 Å². The average molecular weight is 367 g/mol. The van der Waals surface area contributed by atoms with Crippen molar-refractivity contribution in [3.8, 4) is 11.3 Å². The summed E-state index contributed by atoms with van der Waals surface area (Å²) in [5.41, 5.74) is 2.17. The second kappa shape index (κ2) is 8.51. The molecule has 27 heavy (non-hydrogen) atoms. The fourth-order valence-corrected chi connectivity index (χ4v) is 3.34. The highest BCUT2D eigenvalue weighted by Gasteiger charge is 2.19. The van der Waals surface area contributed by atoms with Crippen LogP contribution < -0.4 is 10.6 Å². The molecule has 3 rings (SSSR count). The normalized spacial score (nSPS) is 15.4. The number of hydrogen-bond acceptors (Lipinski definition) is 4. The molecule has 0 spiro atoms. The Hall–Kier alpha value is -2.43. The SMILES string of the molecule is CCC(C)(C)NC(=O)c1cccc(-c2cc(NC3CCCCC3)ncn2)c1. The molecule has 1 aromatic carbocycles. The van der Waals surface area contributed by atoms with Crippen molar-refractivity contribution in [2.45, 2.75) is 70.9 Å². The van der Waals surface area contributed by atoms with Gasteiger partial charge in [0, 0.05) is 28.8 Å². The van der Waals surface area contributed by atoms with E-state index in [9.17, 15) is 4.79 Å². The Kier molecular flexibility index (Phi) is 6.09. The summed E-state index contributed by atoms with van der Waals surface area (Å²) >= 11 is 0. The van der Waals surface area contributed by atoms with Gasteiger partial charge < -0.3 is 10.6 Å². The zero-order chi connectivity index (χ0) is 19.3. The lowest BCUT2D eigenvalue weighted by Crippen LogP contribution is -2.42. The number of carbonyl (C=O) groups excluding carboxylic acids is 1. The summed E-state index contributed by atoms with van der Waals surface area (Å²) in [5.74, 6) is 0.798. The van der Waals surface area contributed by atoms with E-state index in [-0.39, 0.29) is 11.4 Å². The molecule has 1 aliphatic rings. The molecule has 1 fully saturated rings. The van der Waals surface area contributed by atoms with E-state index in [0.717, 1.165) is 23.5 Å². The molecule has 1 saturated carbocycles. The van der Waals surface area contributed by atoms with Gasteiger partial charge in [0.2, 0.25) is 0 Å². The van der Waals surface area contributed by atoms with Crippen molar-refractivity contribution in [1.82, 2.24) is 15.3 Å². The quantitative estimate of drug-likeness (QED) is 0.770.